The summed E-state index contributed by atoms with van der Waals surface area (Å²) >= 11 is 6.24. The van der Waals surface area contributed by atoms with Crippen molar-refractivity contribution in [3.05, 3.63) is 0 Å². The summed E-state index contributed by atoms with van der Waals surface area (Å²) in [6, 6.07) is 0. The smallest absolute Gasteiger partial charge is 0.389 e. The lowest BCUT2D eigenvalue weighted by Crippen LogP contribution is -2.19. The summed E-state index contributed by atoms with van der Waals surface area (Å²) in [7, 11) is 0. The van der Waals surface area contributed by atoms with E-state index in [0.717, 1.165) is 274 Å². The van der Waals surface area contributed by atoms with Crippen molar-refractivity contribution in [2.45, 2.75) is 401 Å². The van der Waals surface area contributed by atoms with Crippen LogP contribution in [0.25, 0.3) is 0 Å². The molecule has 1 N–H and O–H groups in total. The molecular weight excluding hydrogens is 1830 g/mol. The van der Waals surface area contributed by atoms with E-state index >= 15 is 13.7 Å². The molecule has 0 spiro atoms. The van der Waals surface area contributed by atoms with E-state index in [0.29, 0.717) is 11.4 Å². The van der Waals surface area contributed by atoms with Crippen LogP contribution in [0.3, 0.4) is 0 Å². The molecule has 0 saturated carbocycles. The Bertz CT molecular complexity index is 2520. The normalized spacial score (nSPS) is 19.3. The predicted octanol–water partition coefficient (Wildman–Crippen LogP) is 33.6. The molecule has 0 aliphatic carbocycles. The number of rotatable bonds is 90. The zero-order valence-electron chi connectivity index (χ0n) is 79.9. The first kappa shape index (κ1) is 125. The molecule has 0 fully saturated rings. The standard InChI is InChI=1S/C85H177O23P7S7/c1-23-39-47-77(31-9)57-95-109(88,96-58-78(32-10)48-40-24-2)117-65-71(17)105-114(93,106-72(18)66-118-110(89,97-59-79(33-11)49-41-25-3)98-60-80(34-12)50-42-26-4)121-69-75(21)103-113(92,116-56-55-85(86)87)104-76(22)70-122-115(94,107-73(19)67-119-111(90,99-61-81(35-13)51-43-27-5)100-62-82(36-14)52-44-28-6)108-74(20)68-120-112(91,101-63-83(37-15)53-45-29-7)102-64-84(38-16)54-46-30-8/h71-84H,23-70H2,1-22H3,(H,86,87). The van der Waals surface area contributed by atoms with Gasteiger partial charge in [0.25, 0.3) is 0 Å². The van der Waals surface area contributed by atoms with E-state index in [9.17, 15) is 28.2 Å². The van der Waals surface area contributed by atoms with Crippen molar-refractivity contribution in [1.82, 2.24) is 0 Å². The fourth-order valence-corrected chi connectivity index (χ4v) is 38.9. The van der Waals surface area contributed by atoms with Crippen LogP contribution in [0.4, 0.5) is 0 Å². The van der Waals surface area contributed by atoms with E-state index in [-0.39, 0.29) is 140 Å². The fraction of sp³-hybridized carbons (Fsp3) is 0.988. The minimum absolute atomic E-state index is 0.0207. The summed E-state index contributed by atoms with van der Waals surface area (Å²) < 4.78 is 196. The predicted molar refractivity (Wildman–Crippen MR) is 530 cm³/mol. The molecule has 37 heteroatoms. The molecule has 0 heterocycles. The maximum atomic E-state index is 15.8. The van der Waals surface area contributed by atoms with E-state index < -0.39 is 96.6 Å². The van der Waals surface area contributed by atoms with Crippen LogP contribution in [0.5, 0.6) is 0 Å². The van der Waals surface area contributed by atoms with Crippen molar-refractivity contribution in [3.63, 3.8) is 0 Å². The monoisotopic (exact) mass is 2010 g/mol. The molecular formula is C85H177O23P7S7. The van der Waals surface area contributed by atoms with Gasteiger partial charge in [0, 0.05) is 40.3 Å². The molecule has 0 aromatic carbocycles. The highest BCUT2D eigenvalue weighted by atomic mass is 32.7. The minimum Gasteiger partial charge on any atom is -0.481 e. The van der Waals surface area contributed by atoms with Gasteiger partial charge in [-0.25, -0.2) is 32.0 Å². The van der Waals surface area contributed by atoms with E-state index in [2.05, 4.69) is 111 Å². The van der Waals surface area contributed by atoms with Crippen molar-refractivity contribution in [2.75, 3.05) is 93.1 Å². The molecule has 0 aliphatic heterocycles. The van der Waals surface area contributed by atoms with Crippen LogP contribution in [-0.2, 0) is 100 Å². The first-order valence-electron chi connectivity index (χ1n) is 47.2. The molecule has 0 bridgehead atoms. The summed E-state index contributed by atoms with van der Waals surface area (Å²) in [4.78, 5) is 12.1. The highest BCUT2D eigenvalue weighted by Crippen LogP contribution is 2.71. The number of carboxylic acids is 1. The topological polar surface area (TPSA) is 286 Å². The minimum atomic E-state index is -4.43. The van der Waals surface area contributed by atoms with Crippen molar-refractivity contribution < 1.29 is 105 Å². The van der Waals surface area contributed by atoms with Gasteiger partial charge in [-0.05, 0) is 220 Å². The molecule has 0 amide bonds. The third kappa shape index (κ3) is 61.9. The number of carboxylic acid groups (broad SMARTS) is 1. The van der Waals surface area contributed by atoms with Gasteiger partial charge in [-0.1, -0.05) is 265 Å². The average Bonchev–Trinajstić information content (AvgIpc) is 0.843. The van der Waals surface area contributed by atoms with Gasteiger partial charge in [0.05, 0.1) is 95.9 Å². The first-order valence-corrected chi connectivity index (χ1v) is 69.1. The Labute approximate surface area is 773 Å². The third-order valence-electron chi connectivity index (χ3n) is 21.3. The van der Waals surface area contributed by atoms with Crippen LogP contribution in [-0.4, -0.2) is 141 Å². The van der Waals surface area contributed by atoms with E-state index in [1.165, 1.54) is 0 Å². The second-order valence-corrected chi connectivity index (χ2v) is 61.7. The fourth-order valence-electron chi connectivity index (χ4n) is 12.4. The zero-order valence-corrected chi connectivity index (χ0v) is 91.9. The average molecular weight is 2010 g/mol. The van der Waals surface area contributed by atoms with Crippen molar-refractivity contribution in [3.8, 4) is 0 Å². The third-order valence-corrected chi connectivity index (χ3v) is 49.0. The Morgan fingerprint density at radius 3 is 0.508 bits per heavy atom. The number of unbranched alkanes of at least 4 members (excludes halogenated alkanes) is 8. The van der Waals surface area contributed by atoms with Crippen LogP contribution < -0.4 is 0 Å². The Morgan fingerprint density at radius 2 is 0.377 bits per heavy atom. The molecule has 0 rings (SSSR count). The highest BCUT2D eigenvalue weighted by molar-refractivity contribution is 8.57. The number of carbonyl (C=O) groups is 1. The van der Waals surface area contributed by atoms with Crippen LogP contribution >= 0.6 is 127 Å². The van der Waals surface area contributed by atoms with Crippen LogP contribution in [0.15, 0.2) is 0 Å². The Balaban J connectivity index is 7.97. The van der Waals surface area contributed by atoms with Gasteiger partial charge in [0.2, 0.25) is 0 Å². The van der Waals surface area contributed by atoms with Crippen LogP contribution in [0.1, 0.15) is 364 Å². The summed E-state index contributed by atoms with van der Waals surface area (Å²) in [6.45, 7) is 17.3. The van der Waals surface area contributed by atoms with Gasteiger partial charge in [-0.3, -0.25) is 31.9 Å². The van der Waals surface area contributed by atoms with E-state index in [1.807, 2.05) is 0 Å². The van der Waals surface area contributed by atoms with E-state index in [1.54, 1.807) is 41.5 Å². The van der Waals surface area contributed by atoms with Gasteiger partial charge in [-0.15, -0.1) is 0 Å². The van der Waals surface area contributed by atoms with Gasteiger partial charge in [-0.2, -0.15) is 0 Å². The Hall–Kier alpha value is 2.97. The zero-order chi connectivity index (χ0) is 92.0. The molecule has 14 atom stereocenters. The van der Waals surface area contributed by atoms with Gasteiger partial charge in [0.15, 0.2) is 0 Å². The van der Waals surface area contributed by atoms with E-state index in [4.69, 9.17) is 63.3 Å². The number of hydrogen-bond acceptors (Lipinski definition) is 29. The van der Waals surface area contributed by atoms with Gasteiger partial charge in [0.1, 0.15) is 0 Å². The highest BCUT2D eigenvalue weighted by Gasteiger charge is 2.42. The molecule has 14 unspecified atom stereocenters. The van der Waals surface area contributed by atoms with Crippen molar-refractivity contribution in [2.24, 2.45) is 47.3 Å². The maximum absolute atomic E-state index is 15.8. The van der Waals surface area contributed by atoms with Crippen molar-refractivity contribution in [1.29, 1.82) is 0 Å². The molecule has 0 aliphatic rings. The first-order chi connectivity index (χ1) is 58.0. The SMILES string of the molecule is CCCCC(CC)COP(=O)(OCC(CC)CCCC)SCC(C)OP(=O)(OC(C)CSP(=O)(OCC(CC)CCCC)OCC(CC)CCCC)SCC(C)OP(=O)(OC(C)CSP(=O)(OC(C)CSP(=O)(OCC(CC)CCCC)OCC(CC)CCCC)OC(C)CSP(=O)(OCC(CC)CCCC)OCC(CC)CCCC)SCCC(=O)O. The number of aliphatic carboxylic acids is 1. The summed E-state index contributed by atoms with van der Waals surface area (Å²) in [5.74, 6) is -0.303. The molecule has 122 heavy (non-hydrogen) atoms. The summed E-state index contributed by atoms with van der Waals surface area (Å²) in [5, 5.41) is 9.90. The summed E-state index contributed by atoms with van der Waals surface area (Å²) in [5.41, 5.74) is 0. The molecule has 0 aromatic rings. The number of hydrogen-bond donors (Lipinski definition) is 1. The Morgan fingerprint density at radius 1 is 0.238 bits per heavy atom. The Kier molecular flexibility index (Phi) is 76.0. The second-order valence-electron chi connectivity index (χ2n) is 33.1. The molecule has 0 saturated heterocycles. The van der Waals surface area contributed by atoms with Crippen molar-refractivity contribution >= 4 is 133 Å². The van der Waals surface area contributed by atoms with Gasteiger partial charge < -0.3 is 41.3 Å². The lowest BCUT2D eigenvalue weighted by molar-refractivity contribution is -0.136. The largest absolute Gasteiger partial charge is 0.481 e. The van der Waals surface area contributed by atoms with Crippen LogP contribution in [0.2, 0.25) is 0 Å². The molecule has 0 aromatic heterocycles. The second kappa shape index (κ2) is 74.2. The van der Waals surface area contributed by atoms with Crippen LogP contribution in [0, 0.1) is 47.3 Å². The maximum Gasteiger partial charge on any atom is 0.389 e. The lowest BCUT2D eigenvalue weighted by atomic mass is 10.0. The summed E-state index contributed by atoms with van der Waals surface area (Å²) in [6.07, 6.45) is 24.0. The lowest BCUT2D eigenvalue weighted by Gasteiger charge is -2.29. The molecule has 23 nitrogen and oxygen atoms in total. The molecule has 0 radical (unpaired) electrons. The molecule has 732 valence electrons. The quantitative estimate of drug-likeness (QED) is 0.0554. The van der Waals surface area contributed by atoms with Gasteiger partial charge >= 0.3 is 53.6 Å².